The molecule has 0 aliphatic carbocycles. The average Bonchev–Trinajstić information content (AvgIpc) is 2.56. The summed E-state index contributed by atoms with van der Waals surface area (Å²) in [5.74, 6) is 0.463. The molecule has 0 radical (unpaired) electrons. The van der Waals surface area contributed by atoms with Crippen molar-refractivity contribution in [2.75, 3.05) is 6.54 Å². The van der Waals surface area contributed by atoms with E-state index in [-0.39, 0.29) is 11.1 Å². The van der Waals surface area contributed by atoms with Crippen molar-refractivity contribution < 1.29 is 8.78 Å². The molecule has 0 bridgehead atoms. The molecule has 0 saturated heterocycles. The van der Waals surface area contributed by atoms with E-state index in [1.165, 1.54) is 22.8 Å². The normalized spacial score (nSPS) is 11.4. The number of hydrogen-bond acceptors (Lipinski definition) is 3. The minimum absolute atomic E-state index is 0.138. The molecule has 0 atom stereocenters. The van der Waals surface area contributed by atoms with Gasteiger partial charge in [0.25, 0.3) is 12.0 Å². The van der Waals surface area contributed by atoms with Crippen LogP contribution in [0.1, 0.15) is 17.8 Å². The fraction of sp³-hybridized carbons (Fsp3) is 0.176. The first-order valence-electron chi connectivity index (χ1n) is 7.31. The van der Waals surface area contributed by atoms with E-state index in [0.717, 1.165) is 3.57 Å². The van der Waals surface area contributed by atoms with Crippen LogP contribution in [0.3, 0.4) is 0 Å². The number of hydrogen-bond donors (Lipinski definition) is 1. The first-order chi connectivity index (χ1) is 11.5. The third-order valence-corrected chi connectivity index (χ3v) is 4.54. The van der Waals surface area contributed by atoms with E-state index in [0.29, 0.717) is 35.4 Å². The second-order valence-corrected chi connectivity index (χ2v) is 6.40. The van der Waals surface area contributed by atoms with Crippen molar-refractivity contribution in [1.82, 2.24) is 9.55 Å². The van der Waals surface area contributed by atoms with Crippen LogP contribution in [0.5, 0.6) is 0 Å². The Morgan fingerprint density at radius 2 is 1.96 bits per heavy atom. The van der Waals surface area contributed by atoms with E-state index in [2.05, 4.69) is 27.6 Å². The van der Waals surface area contributed by atoms with Crippen LogP contribution in [0.2, 0.25) is 0 Å². The second-order valence-electron chi connectivity index (χ2n) is 5.24. The highest BCUT2D eigenvalue weighted by Gasteiger charge is 2.15. The first-order valence-corrected chi connectivity index (χ1v) is 8.39. The smallest absolute Gasteiger partial charge is 0.266 e. The lowest BCUT2D eigenvalue weighted by molar-refractivity contribution is 0.151. The predicted molar refractivity (Wildman–Crippen MR) is 97.8 cm³/mol. The van der Waals surface area contributed by atoms with Crippen LogP contribution in [-0.4, -0.2) is 16.1 Å². The number of benzene rings is 2. The van der Waals surface area contributed by atoms with Crippen LogP contribution in [0.4, 0.5) is 8.78 Å². The van der Waals surface area contributed by atoms with Gasteiger partial charge in [-0.3, -0.25) is 9.36 Å². The molecule has 2 N–H and O–H groups in total. The molecule has 1 aromatic heterocycles. The van der Waals surface area contributed by atoms with Crippen LogP contribution in [0.15, 0.2) is 47.3 Å². The zero-order valence-electron chi connectivity index (χ0n) is 12.5. The predicted octanol–water partition coefficient (Wildman–Crippen LogP) is 3.43. The van der Waals surface area contributed by atoms with Gasteiger partial charge in [-0.15, -0.1) is 0 Å². The number of rotatable bonds is 4. The monoisotopic (exact) mass is 441 g/mol. The Kier molecular flexibility index (Phi) is 4.91. The van der Waals surface area contributed by atoms with E-state index >= 15 is 0 Å². The summed E-state index contributed by atoms with van der Waals surface area (Å²) >= 11 is 2.12. The number of alkyl halides is 2. The molecular formula is C17H14F2IN3O. The van der Waals surface area contributed by atoms with Gasteiger partial charge in [-0.25, -0.2) is 13.8 Å². The van der Waals surface area contributed by atoms with Gasteiger partial charge in [0.2, 0.25) is 0 Å². The van der Waals surface area contributed by atoms with Crippen LogP contribution < -0.4 is 11.3 Å². The largest absolute Gasteiger partial charge is 0.330 e. The molecule has 1 heterocycles. The number of fused-ring (bicyclic) bond motifs is 1. The standard InChI is InChI=1S/C17H14F2IN3O/c18-16(19)10-3-1-4-11(9-10)23-14(7-8-21)22-15-12(17(23)24)5-2-6-13(15)20/h1-6,9,16H,7-8,21H2. The molecule has 0 saturated carbocycles. The maximum atomic E-state index is 13.0. The van der Waals surface area contributed by atoms with E-state index in [1.807, 2.05) is 6.07 Å². The fourth-order valence-corrected chi connectivity index (χ4v) is 3.20. The Labute approximate surface area is 150 Å². The summed E-state index contributed by atoms with van der Waals surface area (Å²) in [6, 6.07) is 11.1. The van der Waals surface area contributed by atoms with Crippen LogP contribution in [0, 0.1) is 3.57 Å². The van der Waals surface area contributed by atoms with Crippen LogP contribution in [-0.2, 0) is 6.42 Å². The maximum Gasteiger partial charge on any atom is 0.266 e. The average molecular weight is 441 g/mol. The fourth-order valence-electron chi connectivity index (χ4n) is 2.58. The SMILES string of the molecule is NCCc1nc2c(I)cccc2c(=O)n1-c1cccc(C(F)F)c1. The lowest BCUT2D eigenvalue weighted by Crippen LogP contribution is -2.25. The van der Waals surface area contributed by atoms with Gasteiger partial charge >= 0.3 is 0 Å². The minimum Gasteiger partial charge on any atom is -0.330 e. The van der Waals surface area contributed by atoms with E-state index < -0.39 is 6.43 Å². The summed E-state index contributed by atoms with van der Waals surface area (Å²) in [7, 11) is 0. The van der Waals surface area contributed by atoms with Gasteiger partial charge in [-0.05, 0) is 53.4 Å². The highest BCUT2D eigenvalue weighted by molar-refractivity contribution is 14.1. The minimum atomic E-state index is -2.60. The quantitative estimate of drug-likeness (QED) is 0.632. The van der Waals surface area contributed by atoms with Crippen molar-refractivity contribution in [3.8, 4) is 5.69 Å². The topological polar surface area (TPSA) is 60.9 Å². The molecule has 0 fully saturated rings. The Morgan fingerprint density at radius 1 is 1.21 bits per heavy atom. The van der Waals surface area contributed by atoms with Gasteiger partial charge in [-0.2, -0.15) is 0 Å². The zero-order valence-corrected chi connectivity index (χ0v) is 14.7. The Bertz CT molecular complexity index is 956. The van der Waals surface area contributed by atoms with E-state index in [1.54, 1.807) is 18.2 Å². The van der Waals surface area contributed by atoms with Gasteiger partial charge < -0.3 is 5.73 Å². The molecular weight excluding hydrogens is 427 g/mol. The molecule has 3 aromatic rings. The first kappa shape index (κ1) is 17.0. The zero-order chi connectivity index (χ0) is 17.3. The molecule has 3 rings (SSSR count). The Hall–Kier alpha value is -1.87. The molecule has 124 valence electrons. The molecule has 2 aromatic carbocycles. The summed E-state index contributed by atoms with van der Waals surface area (Å²) in [4.78, 5) is 17.5. The van der Waals surface area contributed by atoms with E-state index in [9.17, 15) is 13.6 Å². The number of nitrogens with zero attached hydrogens (tertiary/aromatic N) is 2. The lowest BCUT2D eigenvalue weighted by Gasteiger charge is -2.14. The maximum absolute atomic E-state index is 13.0. The summed E-state index contributed by atoms with van der Waals surface area (Å²) in [6.45, 7) is 0.301. The molecule has 4 nitrogen and oxygen atoms in total. The van der Waals surface area contributed by atoms with Crippen molar-refractivity contribution >= 4 is 33.5 Å². The van der Waals surface area contributed by atoms with Gasteiger partial charge in [0, 0.05) is 15.6 Å². The molecule has 0 spiro atoms. The summed E-state index contributed by atoms with van der Waals surface area (Å²) in [5.41, 5.74) is 6.19. The van der Waals surface area contributed by atoms with Crippen LogP contribution in [0.25, 0.3) is 16.6 Å². The number of halogens is 3. The molecule has 24 heavy (non-hydrogen) atoms. The number of para-hydroxylation sites is 1. The van der Waals surface area contributed by atoms with Gasteiger partial charge in [0.05, 0.1) is 16.6 Å². The van der Waals surface area contributed by atoms with Crippen molar-refractivity contribution in [3.63, 3.8) is 0 Å². The van der Waals surface area contributed by atoms with Crippen molar-refractivity contribution in [3.05, 3.63) is 67.8 Å². The summed E-state index contributed by atoms with van der Waals surface area (Å²) in [6.07, 6.45) is -2.23. The Morgan fingerprint density at radius 3 is 2.67 bits per heavy atom. The third-order valence-electron chi connectivity index (χ3n) is 3.67. The molecule has 0 unspecified atom stereocenters. The highest BCUT2D eigenvalue weighted by atomic mass is 127. The number of nitrogens with two attached hydrogens (primary N) is 1. The summed E-state index contributed by atoms with van der Waals surface area (Å²) < 4.78 is 28.2. The Balaban J connectivity index is 2.34. The van der Waals surface area contributed by atoms with Crippen molar-refractivity contribution in [2.45, 2.75) is 12.8 Å². The molecule has 0 aliphatic rings. The molecule has 7 heteroatoms. The van der Waals surface area contributed by atoms with Gasteiger partial charge in [-0.1, -0.05) is 18.2 Å². The van der Waals surface area contributed by atoms with Crippen LogP contribution >= 0.6 is 22.6 Å². The molecule has 0 amide bonds. The van der Waals surface area contributed by atoms with Crippen molar-refractivity contribution in [2.24, 2.45) is 5.73 Å². The highest BCUT2D eigenvalue weighted by Crippen LogP contribution is 2.23. The lowest BCUT2D eigenvalue weighted by atomic mass is 10.2. The van der Waals surface area contributed by atoms with Crippen molar-refractivity contribution in [1.29, 1.82) is 0 Å². The van der Waals surface area contributed by atoms with E-state index in [4.69, 9.17) is 5.73 Å². The third kappa shape index (κ3) is 3.05. The number of aromatic nitrogens is 2. The summed E-state index contributed by atoms with van der Waals surface area (Å²) in [5, 5.41) is 0.449. The molecule has 0 aliphatic heterocycles. The van der Waals surface area contributed by atoms with Gasteiger partial charge in [0.15, 0.2) is 0 Å². The second kappa shape index (κ2) is 6.94. The van der Waals surface area contributed by atoms with Gasteiger partial charge in [0.1, 0.15) is 5.82 Å².